The molecule has 1 aromatic heterocycles. The number of hydrogen-bond donors (Lipinski definition) is 1. The average molecular weight is 193 g/mol. The van der Waals surface area contributed by atoms with Crippen LogP contribution in [0.15, 0.2) is 24.4 Å². The summed E-state index contributed by atoms with van der Waals surface area (Å²) in [5.41, 5.74) is 8.30. The van der Waals surface area contributed by atoms with Crippen molar-refractivity contribution in [1.29, 1.82) is 0 Å². The number of pyridine rings is 1. The molecule has 13 heavy (non-hydrogen) atoms. The number of nitrogen functional groups attached to an aromatic ring is 1. The first kappa shape index (κ1) is 8.32. The Kier molecular flexibility index (Phi) is 1.85. The van der Waals surface area contributed by atoms with E-state index in [4.69, 9.17) is 17.3 Å². The van der Waals surface area contributed by atoms with Gasteiger partial charge in [0.2, 0.25) is 0 Å². The molecule has 0 saturated heterocycles. The third-order valence-electron chi connectivity index (χ3n) is 2.12. The molecule has 0 radical (unpaired) electrons. The van der Waals surface area contributed by atoms with Crippen LogP contribution in [-0.2, 0) is 0 Å². The minimum Gasteiger partial charge on any atom is -0.396 e. The summed E-state index contributed by atoms with van der Waals surface area (Å²) in [7, 11) is 0. The first-order valence-corrected chi connectivity index (χ1v) is 4.37. The second kappa shape index (κ2) is 2.89. The van der Waals surface area contributed by atoms with Crippen molar-refractivity contribution >= 4 is 28.2 Å². The zero-order valence-electron chi connectivity index (χ0n) is 7.21. The Hall–Kier alpha value is -1.28. The van der Waals surface area contributed by atoms with Gasteiger partial charge in [0.15, 0.2) is 0 Å². The number of anilines is 1. The number of nitrogens with two attached hydrogens (primary N) is 1. The summed E-state index contributed by atoms with van der Waals surface area (Å²) in [5, 5.41) is 1.62. The molecule has 0 aliphatic heterocycles. The van der Waals surface area contributed by atoms with Gasteiger partial charge in [-0.3, -0.25) is 4.98 Å². The van der Waals surface area contributed by atoms with E-state index in [1.807, 2.05) is 19.1 Å². The fourth-order valence-corrected chi connectivity index (χ4v) is 1.51. The summed E-state index contributed by atoms with van der Waals surface area (Å²) in [6.07, 6.45) is 1.74. The molecule has 66 valence electrons. The van der Waals surface area contributed by atoms with Crippen molar-refractivity contribution in [1.82, 2.24) is 4.98 Å². The van der Waals surface area contributed by atoms with E-state index in [1.54, 1.807) is 12.3 Å². The van der Waals surface area contributed by atoms with Gasteiger partial charge in [-0.25, -0.2) is 0 Å². The maximum atomic E-state index is 5.87. The lowest BCUT2D eigenvalue weighted by atomic mass is 10.1. The monoisotopic (exact) mass is 192 g/mol. The molecule has 0 spiro atoms. The summed E-state index contributed by atoms with van der Waals surface area (Å²) in [5.74, 6) is 0. The number of nitrogens with zero attached hydrogens (tertiary/aromatic N) is 1. The molecule has 0 atom stereocenters. The topological polar surface area (TPSA) is 38.9 Å². The minimum absolute atomic E-state index is 0.558. The van der Waals surface area contributed by atoms with Crippen LogP contribution in [0.5, 0.6) is 0 Å². The number of aryl methyl sites for hydroxylation is 1. The first-order chi connectivity index (χ1) is 6.20. The molecule has 0 fully saturated rings. The fourth-order valence-electron chi connectivity index (χ4n) is 1.35. The van der Waals surface area contributed by atoms with E-state index in [-0.39, 0.29) is 0 Å². The smallest absolute Gasteiger partial charge is 0.0949 e. The van der Waals surface area contributed by atoms with Crippen LogP contribution in [0.3, 0.4) is 0 Å². The minimum atomic E-state index is 0.558. The lowest BCUT2D eigenvalue weighted by Gasteiger charge is -2.04. The van der Waals surface area contributed by atoms with Crippen molar-refractivity contribution in [3.8, 4) is 0 Å². The first-order valence-electron chi connectivity index (χ1n) is 3.99. The van der Waals surface area contributed by atoms with E-state index in [2.05, 4.69) is 4.98 Å². The van der Waals surface area contributed by atoms with Crippen molar-refractivity contribution in [3.05, 3.63) is 35.0 Å². The van der Waals surface area contributed by atoms with Gasteiger partial charge in [0.1, 0.15) is 0 Å². The highest BCUT2D eigenvalue weighted by Crippen LogP contribution is 2.27. The Morgan fingerprint density at radius 1 is 1.31 bits per heavy atom. The molecular formula is C10H9ClN2. The van der Waals surface area contributed by atoms with Crippen LogP contribution in [0, 0.1) is 6.92 Å². The highest BCUT2D eigenvalue weighted by Gasteiger charge is 2.04. The normalized spacial score (nSPS) is 10.6. The number of hydrogen-bond acceptors (Lipinski definition) is 2. The maximum absolute atomic E-state index is 5.87. The summed E-state index contributed by atoms with van der Waals surface area (Å²) < 4.78 is 0. The van der Waals surface area contributed by atoms with Gasteiger partial charge in [-0.15, -0.1) is 0 Å². The van der Waals surface area contributed by atoms with Crippen molar-refractivity contribution < 1.29 is 0 Å². The number of fused-ring (bicyclic) bond motifs is 1. The molecule has 2 rings (SSSR count). The van der Waals surface area contributed by atoms with Gasteiger partial charge >= 0.3 is 0 Å². The third-order valence-corrected chi connectivity index (χ3v) is 2.45. The molecule has 0 aliphatic carbocycles. The third kappa shape index (κ3) is 1.23. The summed E-state index contributed by atoms with van der Waals surface area (Å²) in [4.78, 5) is 4.19. The zero-order chi connectivity index (χ0) is 9.42. The van der Waals surface area contributed by atoms with Gasteiger partial charge in [0.05, 0.1) is 16.2 Å². The Morgan fingerprint density at radius 3 is 2.85 bits per heavy atom. The predicted octanol–water partition coefficient (Wildman–Crippen LogP) is 2.78. The maximum Gasteiger partial charge on any atom is 0.0949 e. The molecule has 0 unspecified atom stereocenters. The molecule has 0 bridgehead atoms. The van der Waals surface area contributed by atoms with E-state index >= 15 is 0 Å². The summed E-state index contributed by atoms with van der Waals surface area (Å²) >= 11 is 5.87. The summed E-state index contributed by atoms with van der Waals surface area (Å²) in [6.45, 7) is 2.03. The van der Waals surface area contributed by atoms with Gasteiger partial charge in [0.25, 0.3) is 0 Å². The molecule has 2 nitrogen and oxygen atoms in total. The van der Waals surface area contributed by atoms with E-state index in [0.717, 1.165) is 16.5 Å². The second-order valence-electron chi connectivity index (χ2n) is 2.99. The molecule has 2 N–H and O–H groups in total. The van der Waals surface area contributed by atoms with Gasteiger partial charge in [-0.05, 0) is 24.6 Å². The Balaban J connectivity index is 2.94. The van der Waals surface area contributed by atoms with Crippen molar-refractivity contribution in [2.75, 3.05) is 5.73 Å². The van der Waals surface area contributed by atoms with Crippen LogP contribution in [0.25, 0.3) is 10.9 Å². The Morgan fingerprint density at radius 2 is 2.08 bits per heavy atom. The highest BCUT2D eigenvalue weighted by atomic mass is 35.5. The fraction of sp³-hybridized carbons (Fsp3) is 0.100. The van der Waals surface area contributed by atoms with E-state index in [9.17, 15) is 0 Å². The molecule has 0 aliphatic rings. The molecule has 0 saturated carbocycles. The van der Waals surface area contributed by atoms with Crippen LogP contribution in [0.2, 0.25) is 5.02 Å². The molecular weight excluding hydrogens is 184 g/mol. The van der Waals surface area contributed by atoms with Crippen molar-refractivity contribution in [3.63, 3.8) is 0 Å². The molecule has 1 aromatic carbocycles. The SMILES string of the molecule is Cc1ccnc2c(N)c(Cl)ccc12. The van der Waals surface area contributed by atoms with Crippen LogP contribution in [0.4, 0.5) is 5.69 Å². The van der Waals surface area contributed by atoms with Crippen molar-refractivity contribution in [2.24, 2.45) is 0 Å². The highest BCUT2D eigenvalue weighted by molar-refractivity contribution is 6.34. The van der Waals surface area contributed by atoms with Gasteiger partial charge in [-0.2, -0.15) is 0 Å². The molecule has 0 amide bonds. The lowest BCUT2D eigenvalue weighted by molar-refractivity contribution is 1.37. The quantitative estimate of drug-likeness (QED) is 0.652. The zero-order valence-corrected chi connectivity index (χ0v) is 7.97. The van der Waals surface area contributed by atoms with Crippen molar-refractivity contribution in [2.45, 2.75) is 6.92 Å². The van der Waals surface area contributed by atoms with Crippen LogP contribution >= 0.6 is 11.6 Å². The van der Waals surface area contributed by atoms with E-state index in [0.29, 0.717) is 10.7 Å². The Bertz CT molecular complexity index is 466. The number of benzene rings is 1. The average Bonchev–Trinajstić information content (AvgIpc) is 2.12. The lowest BCUT2D eigenvalue weighted by Crippen LogP contribution is -1.91. The summed E-state index contributed by atoms with van der Waals surface area (Å²) in [6, 6.07) is 5.69. The predicted molar refractivity (Wildman–Crippen MR) is 55.9 cm³/mol. The van der Waals surface area contributed by atoms with Crippen LogP contribution in [0.1, 0.15) is 5.56 Å². The Labute approximate surface area is 81.3 Å². The van der Waals surface area contributed by atoms with Gasteiger partial charge in [0, 0.05) is 11.6 Å². The molecule has 2 aromatic rings. The standard InChI is InChI=1S/C10H9ClN2/c1-6-4-5-13-10-7(6)2-3-8(11)9(10)12/h2-5H,12H2,1H3. The van der Waals surface area contributed by atoms with Crippen LogP contribution in [-0.4, -0.2) is 4.98 Å². The molecule has 1 heterocycles. The van der Waals surface area contributed by atoms with E-state index in [1.165, 1.54) is 0 Å². The van der Waals surface area contributed by atoms with E-state index < -0.39 is 0 Å². The van der Waals surface area contributed by atoms with Gasteiger partial charge < -0.3 is 5.73 Å². The van der Waals surface area contributed by atoms with Crippen LogP contribution < -0.4 is 5.73 Å². The molecule has 3 heteroatoms. The number of halogens is 1. The number of aromatic nitrogens is 1. The largest absolute Gasteiger partial charge is 0.396 e. The number of rotatable bonds is 0. The second-order valence-corrected chi connectivity index (χ2v) is 3.39. The van der Waals surface area contributed by atoms with Gasteiger partial charge in [-0.1, -0.05) is 17.7 Å².